The minimum Gasteiger partial charge on any atom is -0.493 e. The SMILES string of the molecule is Cc1cn(-c2ccc(/C=C3\O[C@@H](C)CN([C@H]4CCOc5ccccc54)C3=O)cc2F)cn1.Cc1cn(-c2ccc(/C=C3\O[C@H](C)CN([C@H]4CCOc5ccccc54)C3=O)cc2F)cn1. The third kappa shape index (κ3) is 8.72. The molecule has 0 N–H and O–H groups in total. The molecule has 2 aromatic heterocycles. The molecule has 328 valence electrons. The van der Waals surface area contributed by atoms with Gasteiger partial charge in [0.2, 0.25) is 0 Å². The molecule has 10 rings (SSSR count). The number of hydrogen-bond acceptors (Lipinski definition) is 8. The molecule has 2 fully saturated rings. The summed E-state index contributed by atoms with van der Waals surface area (Å²) in [7, 11) is 0. The lowest BCUT2D eigenvalue weighted by molar-refractivity contribution is -0.143. The highest BCUT2D eigenvalue weighted by molar-refractivity contribution is 5.97. The molecule has 14 heteroatoms. The van der Waals surface area contributed by atoms with Gasteiger partial charge in [-0.2, -0.15) is 0 Å². The quantitative estimate of drug-likeness (QED) is 0.153. The van der Waals surface area contributed by atoms with Gasteiger partial charge in [-0.15, -0.1) is 0 Å². The number of halogens is 2. The number of hydrogen-bond donors (Lipinski definition) is 0. The molecule has 64 heavy (non-hydrogen) atoms. The van der Waals surface area contributed by atoms with Crippen LogP contribution < -0.4 is 9.47 Å². The zero-order valence-corrected chi connectivity index (χ0v) is 36.0. The van der Waals surface area contributed by atoms with Gasteiger partial charge in [0.1, 0.15) is 35.3 Å². The van der Waals surface area contributed by atoms with Gasteiger partial charge in [-0.3, -0.25) is 9.59 Å². The number of rotatable bonds is 6. The number of aromatic nitrogens is 4. The summed E-state index contributed by atoms with van der Waals surface area (Å²) in [4.78, 5) is 38.7. The lowest BCUT2D eigenvalue weighted by Gasteiger charge is -2.40. The molecular weight excluding hydrogens is 819 g/mol. The second kappa shape index (κ2) is 17.9. The van der Waals surface area contributed by atoms with Crippen molar-refractivity contribution < 1.29 is 37.3 Å². The normalized spacial score (nSPS) is 21.8. The van der Waals surface area contributed by atoms with Gasteiger partial charge < -0.3 is 37.9 Å². The van der Waals surface area contributed by atoms with Crippen LogP contribution in [-0.4, -0.2) is 79.2 Å². The van der Waals surface area contributed by atoms with Gasteiger partial charge in [0, 0.05) is 36.4 Å². The zero-order valence-electron chi connectivity index (χ0n) is 36.0. The summed E-state index contributed by atoms with van der Waals surface area (Å²) in [5.41, 5.74) is 5.55. The van der Waals surface area contributed by atoms with Gasteiger partial charge in [-0.1, -0.05) is 48.5 Å². The number of aryl methyl sites for hydroxylation is 2. The Balaban J connectivity index is 0.000000162. The van der Waals surface area contributed by atoms with Crippen LogP contribution in [0.1, 0.15) is 72.4 Å². The maximum Gasteiger partial charge on any atom is 0.289 e. The van der Waals surface area contributed by atoms with Crippen molar-refractivity contribution in [2.45, 2.75) is 64.8 Å². The van der Waals surface area contributed by atoms with Crippen LogP contribution in [0.2, 0.25) is 0 Å². The highest BCUT2D eigenvalue weighted by atomic mass is 19.1. The van der Waals surface area contributed by atoms with E-state index in [1.165, 1.54) is 12.1 Å². The topological polar surface area (TPSA) is 113 Å². The molecule has 0 saturated carbocycles. The largest absolute Gasteiger partial charge is 0.493 e. The predicted molar refractivity (Wildman–Crippen MR) is 236 cm³/mol. The molecular formula is C50H48F2N6O6. The van der Waals surface area contributed by atoms with Gasteiger partial charge in [0.25, 0.3) is 11.8 Å². The van der Waals surface area contributed by atoms with E-state index in [1.54, 1.807) is 70.6 Å². The van der Waals surface area contributed by atoms with E-state index in [-0.39, 0.29) is 47.6 Å². The van der Waals surface area contributed by atoms with Crippen LogP contribution >= 0.6 is 0 Å². The number of amides is 2. The van der Waals surface area contributed by atoms with Gasteiger partial charge in [-0.05, 0) is 87.4 Å². The number of carbonyl (C=O) groups excluding carboxylic acids is 2. The molecule has 4 aliphatic heterocycles. The number of para-hydroxylation sites is 2. The maximum atomic E-state index is 14.8. The first-order valence-corrected chi connectivity index (χ1v) is 21.4. The molecule has 6 aromatic rings. The molecule has 0 aliphatic carbocycles. The number of morpholine rings is 2. The lowest BCUT2D eigenvalue weighted by atomic mass is 9.97. The van der Waals surface area contributed by atoms with E-state index in [4.69, 9.17) is 18.9 Å². The van der Waals surface area contributed by atoms with E-state index in [0.29, 0.717) is 48.8 Å². The van der Waals surface area contributed by atoms with E-state index in [0.717, 1.165) is 46.9 Å². The summed E-state index contributed by atoms with van der Waals surface area (Å²) in [6, 6.07) is 25.2. The Labute approximate surface area is 370 Å². The monoisotopic (exact) mass is 866 g/mol. The van der Waals surface area contributed by atoms with Crippen molar-refractivity contribution in [1.29, 1.82) is 0 Å². The van der Waals surface area contributed by atoms with Crippen molar-refractivity contribution in [1.82, 2.24) is 28.9 Å². The Bertz CT molecular complexity index is 2590. The van der Waals surface area contributed by atoms with Crippen LogP contribution in [0.25, 0.3) is 23.5 Å². The van der Waals surface area contributed by atoms with Crippen molar-refractivity contribution in [2.24, 2.45) is 0 Å². The summed E-state index contributed by atoms with van der Waals surface area (Å²) in [6.07, 6.45) is 11.0. The van der Waals surface area contributed by atoms with Crippen molar-refractivity contribution in [3.63, 3.8) is 0 Å². The molecule has 0 bridgehead atoms. The Morgan fingerprint density at radius 3 is 1.42 bits per heavy atom. The van der Waals surface area contributed by atoms with Crippen LogP contribution in [0.3, 0.4) is 0 Å². The summed E-state index contributed by atoms with van der Waals surface area (Å²) in [5.74, 6) is 0.879. The zero-order chi connectivity index (χ0) is 44.5. The molecule has 0 unspecified atom stereocenters. The molecule has 4 atom stereocenters. The third-order valence-corrected chi connectivity index (χ3v) is 11.6. The van der Waals surface area contributed by atoms with Crippen molar-refractivity contribution in [3.8, 4) is 22.9 Å². The summed E-state index contributed by atoms with van der Waals surface area (Å²) in [5, 5.41) is 0. The first-order chi connectivity index (χ1) is 31.0. The standard InChI is InChI=1S/2C25H24FN3O3/c2*1-16-13-28(15-27-16)22-8-7-18(11-20(22)26)12-24-25(30)29(14-17(2)32-24)21-9-10-31-23-6-4-3-5-19(21)23/h2*3-8,11-13,15,17,21H,9-10,14H2,1-2H3/b2*24-12-/t17-,21+;17-,21-/m10/s1. The van der Waals surface area contributed by atoms with Crippen molar-refractivity contribution in [2.75, 3.05) is 26.3 Å². The number of imidazole rings is 2. The molecule has 0 spiro atoms. The summed E-state index contributed by atoms with van der Waals surface area (Å²) in [6.45, 7) is 9.66. The fourth-order valence-corrected chi connectivity index (χ4v) is 8.69. The summed E-state index contributed by atoms with van der Waals surface area (Å²) >= 11 is 0. The fraction of sp³-hybridized carbons (Fsp3) is 0.280. The molecule has 12 nitrogen and oxygen atoms in total. The fourth-order valence-electron chi connectivity index (χ4n) is 8.69. The van der Waals surface area contributed by atoms with Crippen molar-refractivity contribution >= 4 is 24.0 Å². The molecule has 4 aromatic carbocycles. The third-order valence-electron chi connectivity index (χ3n) is 11.6. The maximum absolute atomic E-state index is 14.8. The Morgan fingerprint density at radius 1 is 0.609 bits per heavy atom. The van der Waals surface area contributed by atoms with Gasteiger partial charge in [-0.25, -0.2) is 18.7 Å². The van der Waals surface area contributed by atoms with E-state index < -0.39 is 11.6 Å². The minimum atomic E-state index is -0.400. The first kappa shape index (κ1) is 42.1. The lowest BCUT2D eigenvalue weighted by Crippen LogP contribution is -2.47. The van der Waals surface area contributed by atoms with Crippen molar-refractivity contribution in [3.05, 3.63) is 167 Å². The number of nitrogens with zero attached hydrogens (tertiary/aromatic N) is 6. The van der Waals surface area contributed by atoms with Crippen LogP contribution in [0.15, 0.2) is 121 Å². The van der Waals surface area contributed by atoms with Crippen LogP contribution in [0, 0.1) is 25.5 Å². The van der Waals surface area contributed by atoms with Gasteiger partial charge in [0.15, 0.2) is 11.5 Å². The number of carbonyl (C=O) groups is 2. The predicted octanol–water partition coefficient (Wildman–Crippen LogP) is 8.86. The van der Waals surface area contributed by atoms with E-state index in [9.17, 15) is 18.4 Å². The molecule has 4 aliphatic rings. The van der Waals surface area contributed by atoms with E-state index in [1.807, 2.05) is 86.0 Å². The molecule has 2 amide bonds. The minimum absolute atomic E-state index is 0.0780. The number of ether oxygens (including phenoxy) is 4. The van der Waals surface area contributed by atoms with Crippen LogP contribution in [0.5, 0.6) is 11.5 Å². The van der Waals surface area contributed by atoms with Crippen LogP contribution in [-0.2, 0) is 19.1 Å². The molecule has 0 radical (unpaired) electrons. The second-order valence-electron chi connectivity index (χ2n) is 16.4. The van der Waals surface area contributed by atoms with Gasteiger partial charge in [0.05, 0.1) is 73.8 Å². The Morgan fingerprint density at radius 2 is 1.03 bits per heavy atom. The summed E-state index contributed by atoms with van der Waals surface area (Å²) < 4.78 is 56.1. The molecule has 6 heterocycles. The van der Waals surface area contributed by atoms with Gasteiger partial charge >= 0.3 is 0 Å². The second-order valence-corrected chi connectivity index (χ2v) is 16.4. The molecule has 2 saturated heterocycles. The van der Waals surface area contributed by atoms with E-state index in [2.05, 4.69) is 9.97 Å². The Kier molecular flexibility index (Phi) is 11.8. The average Bonchev–Trinajstić information content (AvgIpc) is 3.93. The average molecular weight is 867 g/mol. The highest BCUT2D eigenvalue weighted by Gasteiger charge is 2.38. The first-order valence-electron chi connectivity index (χ1n) is 21.4. The highest BCUT2D eigenvalue weighted by Crippen LogP contribution is 2.40. The number of fused-ring (bicyclic) bond motifs is 2. The number of benzene rings is 4. The van der Waals surface area contributed by atoms with Crippen LogP contribution in [0.4, 0.5) is 8.78 Å². The Hall–Kier alpha value is -7.22. The smallest absolute Gasteiger partial charge is 0.289 e. The van der Waals surface area contributed by atoms with E-state index >= 15 is 0 Å².